The number of hydrogen-bond acceptors (Lipinski definition) is 3. The van der Waals surface area contributed by atoms with Crippen molar-refractivity contribution in [2.24, 2.45) is 0 Å². The van der Waals surface area contributed by atoms with Crippen molar-refractivity contribution in [3.63, 3.8) is 0 Å². The van der Waals surface area contributed by atoms with Crippen LogP contribution in [0.3, 0.4) is 0 Å². The molecule has 2 heterocycles. The SMILES string of the molecule is c1cc2c(cc1OCCN1CCCCC1)NCC2. The van der Waals surface area contributed by atoms with Gasteiger partial charge in [0.15, 0.2) is 0 Å². The normalized spacial score (nSPS) is 19.3. The Morgan fingerprint density at radius 1 is 1.17 bits per heavy atom. The van der Waals surface area contributed by atoms with Gasteiger partial charge in [-0.05, 0) is 44.0 Å². The Balaban J connectivity index is 1.48. The monoisotopic (exact) mass is 246 g/mol. The van der Waals surface area contributed by atoms with Crippen molar-refractivity contribution in [2.45, 2.75) is 25.7 Å². The van der Waals surface area contributed by atoms with Crippen LogP contribution in [-0.4, -0.2) is 37.7 Å². The first-order chi connectivity index (χ1) is 8.92. The molecule has 0 aromatic heterocycles. The van der Waals surface area contributed by atoms with Gasteiger partial charge in [0.25, 0.3) is 0 Å². The lowest BCUT2D eigenvalue weighted by molar-refractivity contribution is 0.183. The number of benzene rings is 1. The van der Waals surface area contributed by atoms with Crippen LogP contribution in [0.2, 0.25) is 0 Å². The Hall–Kier alpha value is -1.22. The molecule has 98 valence electrons. The zero-order valence-corrected chi connectivity index (χ0v) is 11.0. The van der Waals surface area contributed by atoms with E-state index in [9.17, 15) is 0 Å². The van der Waals surface area contributed by atoms with Gasteiger partial charge in [0.2, 0.25) is 0 Å². The van der Waals surface area contributed by atoms with E-state index in [1.54, 1.807) is 0 Å². The van der Waals surface area contributed by atoms with Gasteiger partial charge in [-0.25, -0.2) is 0 Å². The fourth-order valence-electron chi connectivity index (χ4n) is 2.84. The lowest BCUT2D eigenvalue weighted by atomic mass is 10.1. The number of likely N-dealkylation sites (tertiary alicyclic amines) is 1. The van der Waals surface area contributed by atoms with Crippen LogP contribution in [0, 0.1) is 0 Å². The number of piperidine rings is 1. The van der Waals surface area contributed by atoms with E-state index < -0.39 is 0 Å². The van der Waals surface area contributed by atoms with E-state index in [0.717, 1.165) is 31.9 Å². The zero-order chi connectivity index (χ0) is 12.2. The maximum absolute atomic E-state index is 5.85. The number of ether oxygens (including phenoxy) is 1. The quantitative estimate of drug-likeness (QED) is 0.883. The third kappa shape index (κ3) is 2.78. The Morgan fingerprint density at radius 3 is 2.94 bits per heavy atom. The highest BCUT2D eigenvalue weighted by Gasteiger charge is 2.11. The molecule has 0 atom stereocenters. The smallest absolute Gasteiger partial charge is 0.121 e. The van der Waals surface area contributed by atoms with Crippen LogP contribution in [-0.2, 0) is 6.42 Å². The predicted molar refractivity (Wildman–Crippen MR) is 74.4 cm³/mol. The first-order valence-electron chi connectivity index (χ1n) is 7.14. The molecule has 3 rings (SSSR count). The van der Waals surface area contributed by atoms with Crippen LogP contribution in [0.1, 0.15) is 24.8 Å². The third-order valence-electron chi connectivity index (χ3n) is 3.92. The van der Waals surface area contributed by atoms with E-state index in [4.69, 9.17) is 4.74 Å². The van der Waals surface area contributed by atoms with Crippen LogP contribution >= 0.6 is 0 Å². The fraction of sp³-hybridized carbons (Fsp3) is 0.600. The topological polar surface area (TPSA) is 24.5 Å². The van der Waals surface area contributed by atoms with E-state index in [1.807, 2.05) is 0 Å². The molecule has 0 bridgehead atoms. The van der Waals surface area contributed by atoms with Gasteiger partial charge in [-0.2, -0.15) is 0 Å². The molecular formula is C15H22N2O. The van der Waals surface area contributed by atoms with Crippen molar-refractivity contribution in [2.75, 3.05) is 38.1 Å². The van der Waals surface area contributed by atoms with Crippen molar-refractivity contribution < 1.29 is 4.74 Å². The molecule has 3 nitrogen and oxygen atoms in total. The Kier molecular flexibility index (Phi) is 3.69. The number of rotatable bonds is 4. The number of anilines is 1. The van der Waals surface area contributed by atoms with Gasteiger partial charge in [0.05, 0.1) is 0 Å². The van der Waals surface area contributed by atoms with Crippen LogP contribution in [0.5, 0.6) is 5.75 Å². The zero-order valence-electron chi connectivity index (χ0n) is 11.0. The summed E-state index contributed by atoms with van der Waals surface area (Å²) < 4.78 is 5.85. The van der Waals surface area contributed by atoms with E-state index in [2.05, 4.69) is 28.4 Å². The Morgan fingerprint density at radius 2 is 2.06 bits per heavy atom. The number of nitrogens with one attached hydrogen (secondary N) is 1. The maximum Gasteiger partial charge on any atom is 0.121 e. The second-order valence-electron chi connectivity index (χ2n) is 5.25. The van der Waals surface area contributed by atoms with Gasteiger partial charge in [0.1, 0.15) is 12.4 Å². The molecule has 1 aromatic carbocycles. The average Bonchev–Trinajstić information content (AvgIpc) is 2.87. The van der Waals surface area contributed by atoms with E-state index >= 15 is 0 Å². The molecule has 0 saturated carbocycles. The van der Waals surface area contributed by atoms with Gasteiger partial charge in [-0.1, -0.05) is 12.5 Å². The van der Waals surface area contributed by atoms with Gasteiger partial charge in [0, 0.05) is 24.8 Å². The summed E-state index contributed by atoms with van der Waals surface area (Å²) in [4.78, 5) is 2.51. The van der Waals surface area contributed by atoms with Crippen molar-refractivity contribution in [3.8, 4) is 5.75 Å². The Labute approximate surface area is 109 Å². The number of hydrogen-bond donors (Lipinski definition) is 1. The highest BCUT2D eigenvalue weighted by atomic mass is 16.5. The highest BCUT2D eigenvalue weighted by Crippen LogP contribution is 2.26. The largest absolute Gasteiger partial charge is 0.492 e. The molecule has 2 aliphatic heterocycles. The van der Waals surface area contributed by atoms with Crippen LogP contribution in [0.4, 0.5) is 5.69 Å². The van der Waals surface area contributed by atoms with Crippen LogP contribution in [0.25, 0.3) is 0 Å². The third-order valence-corrected chi connectivity index (χ3v) is 3.92. The Bertz CT molecular complexity index is 399. The van der Waals surface area contributed by atoms with Gasteiger partial charge >= 0.3 is 0 Å². The summed E-state index contributed by atoms with van der Waals surface area (Å²) in [7, 11) is 0. The molecule has 0 unspecified atom stereocenters. The number of fused-ring (bicyclic) bond motifs is 1. The first kappa shape index (κ1) is 11.8. The molecule has 0 radical (unpaired) electrons. The van der Waals surface area contributed by atoms with E-state index in [0.29, 0.717) is 0 Å². The van der Waals surface area contributed by atoms with E-state index in [-0.39, 0.29) is 0 Å². The van der Waals surface area contributed by atoms with Crippen LogP contribution < -0.4 is 10.1 Å². The molecule has 3 heteroatoms. The molecule has 1 N–H and O–H groups in total. The van der Waals surface area contributed by atoms with Gasteiger partial charge in [-0.3, -0.25) is 4.90 Å². The summed E-state index contributed by atoms with van der Waals surface area (Å²) in [6.07, 6.45) is 5.24. The second-order valence-corrected chi connectivity index (χ2v) is 5.25. The summed E-state index contributed by atoms with van der Waals surface area (Å²) in [5.74, 6) is 1.00. The minimum absolute atomic E-state index is 0.804. The molecule has 0 aliphatic carbocycles. The summed E-state index contributed by atoms with van der Waals surface area (Å²) in [5, 5.41) is 3.39. The molecule has 1 aromatic rings. The van der Waals surface area contributed by atoms with Gasteiger partial charge < -0.3 is 10.1 Å². The lowest BCUT2D eigenvalue weighted by Gasteiger charge is -2.26. The number of nitrogens with zero attached hydrogens (tertiary/aromatic N) is 1. The summed E-state index contributed by atoms with van der Waals surface area (Å²) in [6.45, 7) is 5.42. The average molecular weight is 246 g/mol. The molecule has 2 aliphatic rings. The van der Waals surface area contributed by atoms with Gasteiger partial charge in [-0.15, -0.1) is 0 Å². The summed E-state index contributed by atoms with van der Waals surface area (Å²) >= 11 is 0. The van der Waals surface area contributed by atoms with Crippen molar-refractivity contribution in [3.05, 3.63) is 23.8 Å². The lowest BCUT2D eigenvalue weighted by Crippen LogP contribution is -2.33. The first-order valence-corrected chi connectivity index (χ1v) is 7.14. The predicted octanol–water partition coefficient (Wildman–Crippen LogP) is 2.52. The molecule has 0 amide bonds. The molecule has 1 saturated heterocycles. The standard InChI is InChI=1S/C15H22N2O/c1-2-8-17(9-3-1)10-11-18-14-5-4-13-6-7-16-15(13)12-14/h4-5,12,16H,1-3,6-11H2. The minimum atomic E-state index is 0.804. The van der Waals surface area contributed by atoms with E-state index in [1.165, 1.54) is 43.6 Å². The van der Waals surface area contributed by atoms with Crippen molar-refractivity contribution >= 4 is 5.69 Å². The van der Waals surface area contributed by atoms with Crippen LogP contribution in [0.15, 0.2) is 18.2 Å². The summed E-state index contributed by atoms with van der Waals surface area (Å²) in [6, 6.07) is 6.42. The molecule has 18 heavy (non-hydrogen) atoms. The summed E-state index contributed by atoms with van der Waals surface area (Å²) in [5.41, 5.74) is 2.67. The maximum atomic E-state index is 5.85. The van der Waals surface area contributed by atoms with Crippen molar-refractivity contribution in [1.82, 2.24) is 4.90 Å². The fourth-order valence-corrected chi connectivity index (χ4v) is 2.84. The minimum Gasteiger partial charge on any atom is -0.492 e. The van der Waals surface area contributed by atoms with Crippen molar-refractivity contribution in [1.29, 1.82) is 0 Å². The second kappa shape index (κ2) is 5.61. The molecule has 1 fully saturated rings. The molecular weight excluding hydrogens is 224 g/mol. The highest BCUT2D eigenvalue weighted by molar-refractivity contribution is 5.58. The molecule has 0 spiro atoms.